The maximum absolute atomic E-state index is 12.2. The second-order valence-corrected chi connectivity index (χ2v) is 7.37. The Morgan fingerprint density at radius 1 is 1.07 bits per heavy atom. The van der Waals surface area contributed by atoms with Crippen LogP contribution in [0, 0.1) is 0 Å². The Morgan fingerprint density at radius 2 is 1.82 bits per heavy atom. The largest absolute Gasteiger partial charge is 0.492 e. The number of aromatic nitrogens is 1. The van der Waals surface area contributed by atoms with Crippen LogP contribution in [0.4, 0.5) is 0 Å². The molecule has 1 fully saturated rings. The summed E-state index contributed by atoms with van der Waals surface area (Å²) < 4.78 is 5.60. The van der Waals surface area contributed by atoms with Gasteiger partial charge in [0, 0.05) is 17.1 Å². The van der Waals surface area contributed by atoms with Crippen LogP contribution in [0.3, 0.4) is 0 Å². The SMILES string of the molecule is O=C(CN1CCC(c2cc3ccccc3[nH]2)CC1)NCCOc1ccccc1. The fourth-order valence-electron chi connectivity index (χ4n) is 3.85. The molecule has 2 N–H and O–H groups in total. The summed E-state index contributed by atoms with van der Waals surface area (Å²) in [5, 5.41) is 4.22. The summed E-state index contributed by atoms with van der Waals surface area (Å²) in [5.74, 6) is 1.45. The monoisotopic (exact) mass is 377 g/mol. The number of nitrogens with one attached hydrogen (secondary N) is 2. The maximum atomic E-state index is 12.2. The van der Waals surface area contributed by atoms with Crippen LogP contribution in [0.1, 0.15) is 24.5 Å². The fraction of sp³-hybridized carbons (Fsp3) is 0.348. The zero-order valence-corrected chi connectivity index (χ0v) is 16.1. The molecule has 5 nitrogen and oxygen atoms in total. The molecule has 0 saturated carbocycles. The average Bonchev–Trinajstić information content (AvgIpc) is 3.17. The zero-order valence-electron chi connectivity index (χ0n) is 16.1. The molecule has 1 saturated heterocycles. The van der Waals surface area contributed by atoms with Crippen molar-refractivity contribution in [2.24, 2.45) is 0 Å². The number of hydrogen-bond acceptors (Lipinski definition) is 3. The first-order chi connectivity index (χ1) is 13.8. The van der Waals surface area contributed by atoms with E-state index in [9.17, 15) is 4.79 Å². The molecule has 4 rings (SSSR count). The van der Waals surface area contributed by atoms with Crippen LogP contribution in [0.15, 0.2) is 60.7 Å². The number of aromatic amines is 1. The molecule has 3 aromatic rings. The van der Waals surface area contributed by atoms with Crippen molar-refractivity contribution in [3.63, 3.8) is 0 Å². The van der Waals surface area contributed by atoms with E-state index in [0.29, 0.717) is 25.6 Å². The Hall–Kier alpha value is -2.79. The first-order valence-electron chi connectivity index (χ1n) is 10.0. The summed E-state index contributed by atoms with van der Waals surface area (Å²) in [6, 6.07) is 20.3. The molecule has 2 aromatic carbocycles. The van der Waals surface area contributed by atoms with Gasteiger partial charge in [0.15, 0.2) is 0 Å². The lowest BCUT2D eigenvalue weighted by Crippen LogP contribution is -2.42. The number of nitrogens with zero attached hydrogens (tertiary/aromatic N) is 1. The molecule has 1 aromatic heterocycles. The lowest BCUT2D eigenvalue weighted by atomic mass is 9.93. The van der Waals surface area contributed by atoms with E-state index in [2.05, 4.69) is 45.5 Å². The van der Waals surface area contributed by atoms with E-state index < -0.39 is 0 Å². The van der Waals surface area contributed by atoms with Crippen LogP contribution in [-0.4, -0.2) is 48.6 Å². The first kappa shape index (κ1) is 18.6. The Balaban J connectivity index is 1.17. The molecule has 0 atom stereocenters. The van der Waals surface area contributed by atoms with Crippen molar-refractivity contribution in [1.29, 1.82) is 0 Å². The van der Waals surface area contributed by atoms with Crippen LogP contribution < -0.4 is 10.1 Å². The Kier molecular flexibility index (Phi) is 5.92. The van der Waals surface area contributed by atoms with Gasteiger partial charge in [0.05, 0.1) is 13.1 Å². The van der Waals surface area contributed by atoms with E-state index in [-0.39, 0.29) is 5.91 Å². The highest BCUT2D eigenvalue weighted by molar-refractivity contribution is 5.80. The summed E-state index contributed by atoms with van der Waals surface area (Å²) >= 11 is 0. The second kappa shape index (κ2) is 8.93. The van der Waals surface area contributed by atoms with Gasteiger partial charge in [0.1, 0.15) is 12.4 Å². The van der Waals surface area contributed by atoms with E-state index in [1.165, 1.54) is 16.6 Å². The smallest absolute Gasteiger partial charge is 0.234 e. The lowest BCUT2D eigenvalue weighted by molar-refractivity contribution is -0.122. The van der Waals surface area contributed by atoms with Crippen molar-refractivity contribution >= 4 is 16.8 Å². The van der Waals surface area contributed by atoms with Gasteiger partial charge < -0.3 is 15.0 Å². The van der Waals surface area contributed by atoms with Gasteiger partial charge in [-0.3, -0.25) is 9.69 Å². The first-order valence-corrected chi connectivity index (χ1v) is 10.0. The van der Waals surface area contributed by atoms with Gasteiger partial charge in [-0.2, -0.15) is 0 Å². The van der Waals surface area contributed by atoms with E-state index in [1.807, 2.05) is 30.3 Å². The van der Waals surface area contributed by atoms with Crippen LogP contribution in [0.5, 0.6) is 5.75 Å². The Bertz CT molecular complexity index is 865. The number of benzene rings is 2. The number of para-hydroxylation sites is 2. The third-order valence-electron chi connectivity index (χ3n) is 5.38. The standard InChI is InChI=1S/C23H27N3O2/c27-23(24-12-15-28-20-7-2-1-3-8-20)17-26-13-10-18(11-14-26)22-16-19-6-4-5-9-21(19)25-22/h1-9,16,18,25H,10-15,17H2,(H,24,27). The molecule has 28 heavy (non-hydrogen) atoms. The molecule has 0 spiro atoms. The van der Waals surface area contributed by atoms with Crippen LogP contribution in [-0.2, 0) is 4.79 Å². The quantitative estimate of drug-likeness (QED) is 0.619. The molecule has 146 valence electrons. The van der Waals surface area contributed by atoms with E-state index in [4.69, 9.17) is 4.74 Å². The minimum Gasteiger partial charge on any atom is -0.492 e. The summed E-state index contributed by atoms with van der Waals surface area (Å²) in [4.78, 5) is 18.0. The van der Waals surface area contributed by atoms with Gasteiger partial charge in [-0.05, 0) is 55.6 Å². The predicted molar refractivity (Wildman–Crippen MR) is 112 cm³/mol. The number of hydrogen-bond donors (Lipinski definition) is 2. The zero-order chi connectivity index (χ0) is 19.2. The molecular weight excluding hydrogens is 350 g/mol. The topological polar surface area (TPSA) is 57.4 Å². The van der Waals surface area contributed by atoms with Crippen molar-refractivity contribution < 1.29 is 9.53 Å². The molecule has 0 unspecified atom stereocenters. The summed E-state index contributed by atoms with van der Waals surface area (Å²) in [5.41, 5.74) is 2.53. The van der Waals surface area contributed by atoms with Crippen molar-refractivity contribution in [3.8, 4) is 5.75 Å². The highest BCUT2D eigenvalue weighted by Crippen LogP contribution is 2.29. The maximum Gasteiger partial charge on any atom is 0.234 e. The van der Waals surface area contributed by atoms with Crippen LogP contribution >= 0.6 is 0 Å². The molecule has 5 heteroatoms. The number of likely N-dealkylation sites (tertiary alicyclic amines) is 1. The highest BCUT2D eigenvalue weighted by Gasteiger charge is 2.23. The van der Waals surface area contributed by atoms with Gasteiger partial charge in [-0.15, -0.1) is 0 Å². The molecule has 1 aliphatic rings. The van der Waals surface area contributed by atoms with E-state index in [1.54, 1.807) is 0 Å². The third-order valence-corrected chi connectivity index (χ3v) is 5.38. The van der Waals surface area contributed by atoms with Gasteiger partial charge >= 0.3 is 0 Å². The number of H-pyrrole nitrogens is 1. The second-order valence-electron chi connectivity index (χ2n) is 7.37. The van der Waals surface area contributed by atoms with Crippen molar-refractivity contribution in [1.82, 2.24) is 15.2 Å². The Morgan fingerprint density at radius 3 is 2.61 bits per heavy atom. The summed E-state index contributed by atoms with van der Waals surface area (Å²) in [6.45, 7) is 3.38. The molecule has 1 amide bonds. The lowest BCUT2D eigenvalue weighted by Gasteiger charge is -2.31. The number of amides is 1. The molecule has 1 aliphatic heterocycles. The summed E-state index contributed by atoms with van der Waals surface area (Å²) in [6.07, 6.45) is 2.16. The minimum absolute atomic E-state index is 0.0701. The fourth-order valence-corrected chi connectivity index (χ4v) is 3.85. The number of piperidine rings is 1. The minimum atomic E-state index is 0.0701. The van der Waals surface area contributed by atoms with Crippen molar-refractivity contribution in [3.05, 3.63) is 66.4 Å². The van der Waals surface area contributed by atoms with Gasteiger partial charge in [-0.25, -0.2) is 0 Å². The molecule has 0 aliphatic carbocycles. The van der Waals surface area contributed by atoms with Gasteiger partial charge in [0.2, 0.25) is 5.91 Å². The number of rotatable bonds is 7. The van der Waals surface area contributed by atoms with Gasteiger partial charge in [0.25, 0.3) is 0 Å². The highest BCUT2D eigenvalue weighted by atomic mass is 16.5. The number of carbonyl (C=O) groups excluding carboxylic acids is 1. The Labute approximate surface area is 165 Å². The molecular formula is C23H27N3O2. The normalized spacial score (nSPS) is 15.6. The van der Waals surface area contributed by atoms with Crippen LogP contribution in [0.2, 0.25) is 0 Å². The van der Waals surface area contributed by atoms with Crippen molar-refractivity contribution in [2.75, 3.05) is 32.8 Å². The summed E-state index contributed by atoms with van der Waals surface area (Å²) in [7, 11) is 0. The van der Waals surface area contributed by atoms with E-state index >= 15 is 0 Å². The van der Waals surface area contributed by atoms with Crippen molar-refractivity contribution in [2.45, 2.75) is 18.8 Å². The van der Waals surface area contributed by atoms with E-state index in [0.717, 1.165) is 31.7 Å². The predicted octanol–water partition coefficient (Wildman–Crippen LogP) is 3.54. The van der Waals surface area contributed by atoms with Crippen LogP contribution in [0.25, 0.3) is 10.9 Å². The number of carbonyl (C=O) groups is 1. The molecule has 0 radical (unpaired) electrons. The average molecular weight is 377 g/mol. The number of ether oxygens (including phenoxy) is 1. The molecule has 0 bridgehead atoms. The van der Waals surface area contributed by atoms with Gasteiger partial charge in [-0.1, -0.05) is 36.4 Å². The number of fused-ring (bicyclic) bond motifs is 1. The third kappa shape index (κ3) is 4.73. The molecule has 2 heterocycles.